The van der Waals surface area contributed by atoms with Crippen molar-refractivity contribution in [3.63, 3.8) is 0 Å². The predicted octanol–water partition coefficient (Wildman–Crippen LogP) is 3.99. The summed E-state index contributed by atoms with van der Waals surface area (Å²) in [6, 6.07) is 11.7. The van der Waals surface area contributed by atoms with Crippen molar-refractivity contribution < 1.29 is 18.4 Å². The Hall–Kier alpha value is -3.00. The number of nitrogens with one attached hydrogen (secondary N) is 2. The smallest absolute Gasteiger partial charge is 0.321 e. The van der Waals surface area contributed by atoms with Crippen LogP contribution in [0.25, 0.3) is 0 Å². The summed E-state index contributed by atoms with van der Waals surface area (Å²) >= 11 is 0. The third-order valence-electron chi connectivity index (χ3n) is 6.60. The summed E-state index contributed by atoms with van der Waals surface area (Å²) in [5, 5.41) is 5.67. The topological polar surface area (TPSA) is 64.7 Å². The summed E-state index contributed by atoms with van der Waals surface area (Å²) in [7, 11) is 0. The van der Waals surface area contributed by atoms with Crippen LogP contribution < -0.4 is 10.6 Å². The first-order chi connectivity index (χ1) is 16.0. The summed E-state index contributed by atoms with van der Waals surface area (Å²) in [4.78, 5) is 29.6. The van der Waals surface area contributed by atoms with Crippen molar-refractivity contribution in [2.75, 3.05) is 31.5 Å². The second-order valence-corrected chi connectivity index (χ2v) is 8.76. The molecule has 2 aromatic rings. The molecule has 2 aliphatic rings. The van der Waals surface area contributed by atoms with Crippen LogP contribution in [0.1, 0.15) is 31.2 Å². The van der Waals surface area contributed by atoms with E-state index in [-0.39, 0.29) is 36.3 Å². The second-order valence-electron chi connectivity index (χ2n) is 8.76. The van der Waals surface area contributed by atoms with Gasteiger partial charge in [0.05, 0.1) is 6.04 Å². The summed E-state index contributed by atoms with van der Waals surface area (Å²) in [6.07, 6.45) is 4.21. The first kappa shape index (κ1) is 23.2. The van der Waals surface area contributed by atoms with E-state index < -0.39 is 5.82 Å². The third-order valence-corrected chi connectivity index (χ3v) is 6.60. The van der Waals surface area contributed by atoms with E-state index >= 15 is 0 Å². The maximum Gasteiger partial charge on any atom is 0.321 e. The van der Waals surface area contributed by atoms with Crippen molar-refractivity contribution >= 4 is 17.6 Å². The predicted molar refractivity (Wildman–Crippen MR) is 123 cm³/mol. The molecule has 0 aromatic heterocycles. The first-order valence-electron chi connectivity index (χ1n) is 11.6. The summed E-state index contributed by atoms with van der Waals surface area (Å²) in [5.74, 6) is -0.548. The van der Waals surface area contributed by atoms with Crippen LogP contribution in [-0.2, 0) is 11.3 Å². The number of halogens is 2. The minimum Gasteiger partial charge on any atom is -0.351 e. The van der Waals surface area contributed by atoms with E-state index in [0.29, 0.717) is 37.4 Å². The van der Waals surface area contributed by atoms with Gasteiger partial charge in [-0.1, -0.05) is 37.1 Å². The Morgan fingerprint density at radius 2 is 1.70 bits per heavy atom. The fourth-order valence-electron chi connectivity index (χ4n) is 4.85. The summed E-state index contributed by atoms with van der Waals surface area (Å²) < 4.78 is 27.4. The molecule has 8 heteroatoms. The Bertz CT molecular complexity index is 972. The maximum absolute atomic E-state index is 14.0. The highest BCUT2D eigenvalue weighted by atomic mass is 19.1. The van der Waals surface area contributed by atoms with E-state index in [9.17, 15) is 18.4 Å². The quantitative estimate of drug-likeness (QED) is 0.691. The third kappa shape index (κ3) is 5.87. The highest BCUT2D eigenvalue weighted by molar-refractivity contribution is 5.89. The molecule has 1 saturated heterocycles. The number of hydrogen-bond acceptors (Lipinski definition) is 3. The molecule has 1 atom stereocenters. The van der Waals surface area contributed by atoms with Crippen LogP contribution >= 0.6 is 0 Å². The zero-order valence-electron chi connectivity index (χ0n) is 18.6. The van der Waals surface area contributed by atoms with Gasteiger partial charge in [0, 0.05) is 44.0 Å². The van der Waals surface area contributed by atoms with Crippen molar-refractivity contribution in [3.05, 3.63) is 65.7 Å². The van der Waals surface area contributed by atoms with Crippen molar-refractivity contribution in [2.24, 2.45) is 5.92 Å². The van der Waals surface area contributed by atoms with Crippen LogP contribution in [0.4, 0.5) is 19.3 Å². The lowest BCUT2D eigenvalue weighted by Gasteiger charge is -2.40. The Morgan fingerprint density at radius 1 is 0.970 bits per heavy atom. The average molecular weight is 457 g/mol. The number of anilines is 1. The SMILES string of the molecule is O=C(NCc1ccccc1F)C(C1CCCC1)N1CCN(C(=O)Nc2cccc(F)c2)CC1. The number of rotatable bonds is 6. The number of carbonyl (C=O) groups is 2. The minimum absolute atomic E-state index is 0.0807. The number of amides is 3. The van der Waals surface area contributed by atoms with Gasteiger partial charge in [-0.25, -0.2) is 13.6 Å². The molecule has 6 nitrogen and oxygen atoms in total. The van der Waals surface area contributed by atoms with E-state index in [2.05, 4.69) is 15.5 Å². The van der Waals surface area contributed by atoms with Crippen LogP contribution in [-0.4, -0.2) is 54.0 Å². The van der Waals surface area contributed by atoms with Crippen molar-refractivity contribution in [2.45, 2.75) is 38.3 Å². The molecule has 0 bridgehead atoms. The largest absolute Gasteiger partial charge is 0.351 e. The van der Waals surface area contributed by atoms with Crippen molar-refractivity contribution in [1.82, 2.24) is 15.1 Å². The van der Waals surface area contributed by atoms with Gasteiger partial charge in [0.1, 0.15) is 11.6 Å². The highest BCUT2D eigenvalue weighted by Gasteiger charge is 2.37. The number of piperazine rings is 1. The molecule has 0 radical (unpaired) electrons. The van der Waals surface area contributed by atoms with Gasteiger partial charge in [-0.05, 0) is 43.0 Å². The van der Waals surface area contributed by atoms with E-state index in [4.69, 9.17) is 0 Å². The Kier molecular flexibility index (Phi) is 7.54. The molecule has 1 heterocycles. The van der Waals surface area contributed by atoms with Crippen LogP contribution in [0.3, 0.4) is 0 Å². The molecule has 2 fully saturated rings. The van der Waals surface area contributed by atoms with Gasteiger partial charge >= 0.3 is 6.03 Å². The monoisotopic (exact) mass is 456 g/mol. The highest BCUT2D eigenvalue weighted by Crippen LogP contribution is 2.31. The lowest BCUT2D eigenvalue weighted by molar-refractivity contribution is -0.129. The number of carbonyl (C=O) groups excluding carboxylic acids is 2. The zero-order valence-corrected chi connectivity index (χ0v) is 18.6. The molecule has 1 saturated carbocycles. The Labute approximate surface area is 192 Å². The fraction of sp³-hybridized carbons (Fsp3) is 0.440. The van der Waals surface area contributed by atoms with Crippen LogP contribution in [0.15, 0.2) is 48.5 Å². The fourth-order valence-corrected chi connectivity index (χ4v) is 4.85. The van der Waals surface area contributed by atoms with Crippen LogP contribution in [0, 0.1) is 17.6 Å². The van der Waals surface area contributed by atoms with E-state index in [1.165, 1.54) is 18.2 Å². The van der Waals surface area contributed by atoms with Crippen molar-refractivity contribution in [3.8, 4) is 0 Å². The van der Waals surface area contributed by atoms with Gasteiger partial charge in [-0.2, -0.15) is 0 Å². The molecule has 1 aliphatic heterocycles. The lowest BCUT2D eigenvalue weighted by atomic mass is 9.95. The molecule has 1 unspecified atom stereocenters. The van der Waals surface area contributed by atoms with E-state index in [0.717, 1.165) is 25.7 Å². The number of urea groups is 1. The zero-order chi connectivity index (χ0) is 23.2. The van der Waals surface area contributed by atoms with Crippen LogP contribution in [0.5, 0.6) is 0 Å². The molecule has 0 spiro atoms. The van der Waals surface area contributed by atoms with Gasteiger partial charge in [0.2, 0.25) is 5.91 Å². The van der Waals surface area contributed by atoms with Crippen LogP contribution in [0.2, 0.25) is 0 Å². The molecule has 2 N–H and O–H groups in total. The number of nitrogens with zero attached hydrogens (tertiary/aromatic N) is 2. The molecule has 2 aromatic carbocycles. The summed E-state index contributed by atoms with van der Waals surface area (Å²) in [6.45, 7) is 2.26. The van der Waals surface area contributed by atoms with Gasteiger partial charge < -0.3 is 15.5 Å². The number of benzene rings is 2. The molecule has 4 rings (SSSR count). The van der Waals surface area contributed by atoms with Gasteiger partial charge in [-0.15, -0.1) is 0 Å². The second kappa shape index (κ2) is 10.7. The lowest BCUT2D eigenvalue weighted by Crippen LogP contribution is -2.58. The van der Waals surface area contributed by atoms with Crippen molar-refractivity contribution in [1.29, 1.82) is 0 Å². The standard InChI is InChI=1S/C25H30F2N4O2/c26-20-9-5-10-21(16-20)29-25(33)31-14-12-30(13-15-31)23(18-6-1-2-7-18)24(32)28-17-19-8-3-4-11-22(19)27/h3-5,8-11,16,18,23H,1-2,6-7,12-15,17H2,(H,28,32)(H,29,33). The normalized spacial score (nSPS) is 18.2. The molecule has 3 amide bonds. The molecule has 1 aliphatic carbocycles. The Morgan fingerprint density at radius 3 is 2.39 bits per heavy atom. The molecule has 33 heavy (non-hydrogen) atoms. The molecule has 176 valence electrons. The van der Waals surface area contributed by atoms with E-state index in [1.807, 2.05) is 0 Å². The maximum atomic E-state index is 14.0. The van der Waals surface area contributed by atoms with Gasteiger partial charge in [-0.3, -0.25) is 9.69 Å². The van der Waals surface area contributed by atoms with Gasteiger partial charge in [0.15, 0.2) is 0 Å². The molecular weight excluding hydrogens is 426 g/mol. The summed E-state index contributed by atoms with van der Waals surface area (Å²) in [5.41, 5.74) is 0.883. The number of hydrogen-bond donors (Lipinski definition) is 2. The average Bonchev–Trinajstić information content (AvgIpc) is 3.33. The minimum atomic E-state index is -0.404. The molecular formula is C25H30F2N4O2. The van der Waals surface area contributed by atoms with E-state index in [1.54, 1.807) is 35.2 Å². The Balaban J connectivity index is 1.36. The van der Waals surface area contributed by atoms with Gasteiger partial charge in [0.25, 0.3) is 0 Å². The first-order valence-corrected chi connectivity index (χ1v) is 11.6.